The summed E-state index contributed by atoms with van der Waals surface area (Å²) in [5.41, 5.74) is 3.33. The van der Waals surface area contributed by atoms with Crippen LogP contribution < -0.4 is 5.32 Å². The van der Waals surface area contributed by atoms with Gasteiger partial charge in [-0.1, -0.05) is 12.1 Å². The van der Waals surface area contributed by atoms with Crippen LogP contribution in [0.2, 0.25) is 0 Å². The molecule has 0 spiro atoms. The predicted octanol–water partition coefficient (Wildman–Crippen LogP) is 3.22. The lowest BCUT2D eigenvalue weighted by atomic mass is 9.94. The van der Waals surface area contributed by atoms with Gasteiger partial charge in [0, 0.05) is 37.5 Å². The Hall–Kier alpha value is -4.00. The second kappa shape index (κ2) is 11.4. The number of hydrogen-bond donors (Lipinski definition) is 4. The lowest BCUT2D eigenvalue weighted by Crippen LogP contribution is -2.37. The van der Waals surface area contributed by atoms with Crippen molar-refractivity contribution in [3.05, 3.63) is 77.0 Å². The van der Waals surface area contributed by atoms with Gasteiger partial charge in [0.25, 0.3) is 5.91 Å². The molecule has 2 aromatic rings. The molecule has 4 rings (SSSR count). The highest BCUT2D eigenvalue weighted by atomic mass is 19.1. The highest BCUT2D eigenvalue weighted by molar-refractivity contribution is 6.13. The Bertz CT molecular complexity index is 1340. The summed E-state index contributed by atoms with van der Waals surface area (Å²) in [4.78, 5) is 15.5. The van der Waals surface area contributed by atoms with E-state index < -0.39 is 18.5 Å². The van der Waals surface area contributed by atoms with E-state index in [4.69, 9.17) is 5.41 Å². The van der Waals surface area contributed by atoms with Crippen molar-refractivity contribution in [3.63, 3.8) is 0 Å². The van der Waals surface area contributed by atoms with E-state index in [1.165, 1.54) is 12.1 Å². The minimum Gasteiger partial charge on any atom is -0.394 e. The fourth-order valence-electron chi connectivity index (χ4n) is 4.73. The number of allylic oxidation sites excluding steroid dienone is 5. The maximum atomic E-state index is 14.7. The number of nitriles is 1. The van der Waals surface area contributed by atoms with Gasteiger partial charge in [-0.05, 0) is 60.8 Å². The second-order valence-electron chi connectivity index (χ2n) is 9.13. The average molecular weight is 504 g/mol. The van der Waals surface area contributed by atoms with Crippen LogP contribution in [0, 0.1) is 22.6 Å². The summed E-state index contributed by atoms with van der Waals surface area (Å²) >= 11 is 0. The average Bonchev–Trinajstić information content (AvgIpc) is 3.28. The van der Waals surface area contributed by atoms with E-state index in [0.29, 0.717) is 52.5 Å². The second-order valence-corrected chi connectivity index (χ2v) is 9.13. The van der Waals surface area contributed by atoms with Crippen molar-refractivity contribution in [1.82, 2.24) is 14.8 Å². The van der Waals surface area contributed by atoms with E-state index >= 15 is 0 Å². The minimum absolute atomic E-state index is 0.0623. The van der Waals surface area contributed by atoms with E-state index in [1.54, 1.807) is 53.1 Å². The monoisotopic (exact) mass is 503 g/mol. The summed E-state index contributed by atoms with van der Waals surface area (Å²) in [6.07, 6.45) is 8.57. The molecule has 0 saturated carbocycles. The van der Waals surface area contributed by atoms with Gasteiger partial charge in [-0.2, -0.15) is 5.26 Å². The number of aliphatic hydroxyl groups excluding tert-OH is 2. The molecule has 1 aromatic carbocycles. The molecular weight excluding hydrogens is 473 g/mol. The van der Waals surface area contributed by atoms with Gasteiger partial charge in [0.15, 0.2) is 0 Å². The van der Waals surface area contributed by atoms with Crippen molar-refractivity contribution in [2.24, 2.45) is 0 Å². The van der Waals surface area contributed by atoms with Crippen LogP contribution in [-0.4, -0.2) is 64.1 Å². The summed E-state index contributed by atoms with van der Waals surface area (Å²) in [6, 6.07) is 7.80. The van der Waals surface area contributed by atoms with Crippen LogP contribution in [0.4, 0.5) is 4.39 Å². The summed E-state index contributed by atoms with van der Waals surface area (Å²) in [5, 5.41) is 40.4. The molecule has 1 amide bonds. The third-order valence-electron chi connectivity index (χ3n) is 6.59. The smallest absolute Gasteiger partial charge is 0.270 e. The molecule has 0 radical (unpaired) electrons. The normalized spacial score (nSPS) is 17.5. The first-order valence-electron chi connectivity index (χ1n) is 12.3. The molecule has 1 aliphatic heterocycles. The van der Waals surface area contributed by atoms with Crippen molar-refractivity contribution >= 4 is 17.2 Å². The molecule has 1 atom stereocenters. The van der Waals surface area contributed by atoms with Gasteiger partial charge < -0.3 is 30.4 Å². The van der Waals surface area contributed by atoms with Crippen LogP contribution in [0.5, 0.6) is 0 Å². The van der Waals surface area contributed by atoms with Gasteiger partial charge in [0.2, 0.25) is 0 Å². The number of likely N-dealkylation sites (tertiary alicyclic amines) is 1. The number of nitrogens with zero attached hydrogens (tertiary/aromatic N) is 3. The number of benzene rings is 1. The maximum absolute atomic E-state index is 14.7. The first-order chi connectivity index (χ1) is 17.9. The van der Waals surface area contributed by atoms with E-state index in [1.807, 2.05) is 6.07 Å². The lowest BCUT2D eigenvalue weighted by molar-refractivity contribution is 0.0678. The van der Waals surface area contributed by atoms with Crippen LogP contribution >= 0.6 is 0 Å². The van der Waals surface area contributed by atoms with Crippen LogP contribution in [-0.2, 0) is 6.54 Å². The molecule has 0 bridgehead atoms. The van der Waals surface area contributed by atoms with Crippen molar-refractivity contribution in [2.45, 2.75) is 31.9 Å². The summed E-state index contributed by atoms with van der Waals surface area (Å²) in [6.45, 7) is 0.683. The molecule has 2 aliphatic rings. The van der Waals surface area contributed by atoms with E-state index in [0.717, 1.165) is 19.3 Å². The Morgan fingerprint density at radius 1 is 1.27 bits per heavy atom. The first-order valence-corrected chi connectivity index (χ1v) is 12.3. The van der Waals surface area contributed by atoms with Crippen molar-refractivity contribution in [1.29, 1.82) is 10.7 Å². The molecule has 1 saturated heterocycles. The quantitative estimate of drug-likeness (QED) is 0.462. The number of aliphatic hydroxyl groups is 2. The number of hydrogen-bond acceptors (Lipinski definition) is 6. The standard InChI is InChI=1S/C28H30FN5O3/c1-32-15-21-11-19(7-8-25(21)31)27-23(18-5-6-20(14-30)24(29)12-18)13-26(34(27)16-22(36)17-35)28(37)33-9-3-2-4-10-33/h5-8,11-13,15,22,31-32,35-36H,2-4,9-10,16-17H2,1H3/b21-15-,31-25?/t22-/m1/s1. The first kappa shape index (κ1) is 26.1. The molecule has 0 unspecified atom stereocenters. The van der Waals surface area contributed by atoms with Crippen LogP contribution in [0.25, 0.3) is 16.7 Å². The van der Waals surface area contributed by atoms with Gasteiger partial charge in [-0.3, -0.25) is 4.79 Å². The molecule has 192 valence electrons. The Morgan fingerprint density at radius 2 is 2.03 bits per heavy atom. The third-order valence-corrected chi connectivity index (χ3v) is 6.59. The number of aromatic nitrogens is 1. The number of rotatable bonds is 7. The highest BCUT2D eigenvalue weighted by Gasteiger charge is 2.28. The predicted molar refractivity (Wildman–Crippen MR) is 139 cm³/mol. The topological polar surface area (TPSA) is 125 Å². The highest BCUT2D eigenvalue weighted by Crippen LogP contribution is 2.37. The summed E-state index contributed by atoms with van der Waals surface area (Å²) in [5.74, 6) is -0.880. The van der Waals surface area contributed by atoms with Gasteiger partial charge in [0.1, 0.15) is 17.6 Å². The molecule has 4 N–H and O–H groups in total. The number of carbonyl (C=O) groups excluding carboxylic acids is 1. The van der Waals surface area contributed by atoms with Crippen molar-refractivity contribution in [2.75, 3.05) is 26.7 Å². The summed E-state index contributed by atoms with van der Waals surface area (Å²) < 4.78 is 16.4. The van der Waals surface area contributed by atoms with Crippen LogP contribution in [0.3, 0.4) is 0 Å². The molecule has 37 heavy (non-hydrogen) atoms. The number of carbonyl (C=O) groups is 1. The molecule has 1 fully saturated rings. The van der Waals surface area contributed by atoms with Crippen LogP contribution in [0.1, 0.15) is 41.0 Å². The van der Waals surface area contributed by atoms with E-state index in [-0.39, 0.29) is 18.0 Å². The minimum atomic E-state index is -1.14. The van der Waals surface area contributed by atoms with E-state index in [9.17, 15) is 24.7 Å². The molecule has 2 heterocycles. The Kier molecular flexibility index (Phi) is 8.01. The fourth-order valence-corrected chi connectivity index (χ4v) is 4.73. The molecule has 1 aromatic heterocycles. The van der Waals surface area contributed by atoms with E-state index in [2.05, 4.69) is 5.32 Å². The zero-order valence-electron chi connectivity index (χ0n) is 20.7. The number of amides is 1. The summed E-state index contributed by atoms with van der Waals surface area (Å²) in [7, 11) is 1.73. The van der Waals surface area contributed by atoms with Crippen molar-refractivity contribution < 1.29 is 19.4 Å². The largest absolute Gasteiger partial charge is 0.394 e. The number of piperidine rings is 1. The van der Waals surface area contributed by atoms with Gasteiger partial charge in [-0.15, -0.1) is 0 Å². The third kappa shape index (κ3) is 5.40. The van der Waals surface area contributed by atoms with Gasteiger partial charge in [0.05, 0.1) is 36.2 Å². The Morgan fingerprint density at radius 3 is 2.68 bits per heavy atom. The van der Waals surface area contributed by atoms with Gasteiger partial charge in [-0.25, -0.2) is 4.39 Å². The maximum Gasteiger partial charge on any atom is 0.270 e. The molecular formula is C28H30FN5O3. The molecule has 1 aliphatic carbocycles. The van der Waals surface area contributed by atoms with Gasteiger partial charge >= 0.3 is 0 Å². The number of halogens is 1. The number of nitrogens with one attached hydrogen (secondary N) is 2. The molecule has 8 nitrogen and oxygen atoms in total. The zero-order chi connectivity index (χ0) is 26.5. The Balaban J connectivity index is 1.97. The van der Waals surface area contributed by atoms with Crippen molar-refractivity contribution in [3.8, 4) is 17.2 Å². The Labute approximate surface area is 215 Å². The van der Waals surface area contributed by atoms with Crippen LogP contribution in [0.15, 0.2) is 54.3 Å². The zero-order valence-corrected chi connectivity index (χ0v) is 20.7. The fraction of sp³-hybridized carbons (Fsp3) is 0.321. The molecule has 9 heteroatoms. The SMILES string of the molecule is CN/C=C1/C=C(c2c(-c3ccc(C#N)c(F)c3)cc(C(=O)N3CCCCC3)n2C[C@@H](O)CO)C=CC1=N. The lowest BCUT2D eigenvalue weighted by Gasteiger charge is -2.27.